The minimum absolute atomic E-state index is 0.274. The van der Waals surface area contributed by atoms with Gasteiger partial charge in [0.05, 0.1) is 16.9 Å². The van der Waals surface area contributed by atoms with Crippen LogP contribution in [-0.2, 0) is 0 Å². The van der Waals surface area contributed by atoms with Crippen molar-refractivity contribution in [1.82, 2.24) is 20.7 Å². The van der Waals surface area contributed by atoms with E-state index >= 15 is 0 Å². The molecule has 8 nitrogen and oxygen atoms in total. The molecule has 28 heavy (non-hydrogen) atoms. The molecule has 3 rings (SSSR count). The van der Waals surface area contributed by atoms with Gasteiger partial charge in [-0.25, -0.2) is 0 Å². The normalized spacial score (nSPS) is 10.6. The van der Waals surface area contributed by atoms with Crippen molar-refractivity contribution in [3.63, 3.8) is 0 Å². The lowest BCUT2D eigenvalue weighted by Crippen LogP contribution is -2.29. The lowest BCUT2D eigenvalue weighted by atomic mass is 10.1. The summed E-state index contributed by atoms with van der Waals surface area (Å²) >= 11 is 6.23. The summed E-state index contributed by atoms with van der Waals surface area (Å²) in [5.41, 5.74) is 2.40. The first-order chi connectivity index (χ1) is 13.5. The van der Waals surface area contributed by atoms with Gasteiger partial charge in [0.25, 0.3) is 5.91 Å². The van der Waals surface area contributed by atoms with Crippen molar-refractivity contribution in [3.8, 4) is 11.3 Å². The van der Waals surface area contributed by atoms with Crippen LogP contribution < -0.4 is 15.5 Å². The Kier molecular flexibility index (Phi) is 6.10. The fraction of sp³-hybridized carbons (Fsp3) is 0.263. The summed E-state index contributed by atoms with van der Waals surface area (Å²) in [6.45, 7) is 2.57. The number of amides is 1. The molecule has 0 aliphatic carbocycles. The van der Waals surface area contributed by atoms with E-state index in [4.69, 9.17) is 16.1 Å². The number of carbonyl (C=O) groups is 1. The van der Waals surface area contributed by atoms with Crippen molar-refractivity contribution in [2.75, 3.05) is 37.4 Å². The second-order valence-corrected chi connectivity index (χ2v) is 6.73. The fourth-order valence-electron chi connectivity index (χ4n) is 2.62. The van der Waals surface area contributed by atoms with Crippen LogP contribution >= 0.6 is 11.6 Å². The Morgan fingerprint density at radius 2 is 2.04 bits per heavy atom. The summed E-state index contributed by atoms with van der Waals surface area (Å²) in [4.78, 5) is 14.6. The number of anilines is 2. The van der Waals surface area contributed by atoms with E-state index in [-0.39, 0.29) is 5.91 Å². The Morgan fingerprint density at radius 3 is 2.79 bits per heavy atom. The van der Waals surface area contributed by atoms with Crippen LogP contribution in [0.2, 0.25) is 5.02 Å². The monoisotopic (exact) mass is 400 g/mol. The van der Waals surface area contributed by atoms with Crippen molar-refractivity contribution in [3.05, 3.63) is 52.9 Å². The zero-order valence-corrected chi connectivity index (χ0v) is 16.6. The van der Waals surface area contributed by atoms with E-state index in [0.717, 1.165) is 5.69 Å². The van der Waals surface area contributed by atoms with E-state index in [1.54, 1.807) is 25.3 Å². The molecule has 146 valence electrons. The molecular weight excluding hydrogens is 380 g/mol. The second kappa shape index (κ2) is 8.71. The van der Waals surface area contributed by atoms with Crippen molar-refractivity contribution >= 4 is 29.0 Å². The molecule has 3 aromatic rings. The number of halogens is 1. The molecule has 9 heteroatoms. The molecule has 1 aromatic carbocycles. The van der Waals surface area contributed by atoms with Gasteiger partial charge in [0, 0.05) is 38.8 Å². The van der Waals surface area contributed by atoms with Gasteiger partial charge >= 0.3 is 0 Å². The van der Waals surface area contributed by atoms with Crippen LogP contribution in [-0.4, -0.2) is 48.4 Å². The molecule has 0 fully saturated rings. The van der Waals surface area contributed by atoms with Gasteiger partial charge in [0.2, 0.25) is 0 Å². The Labute approximate surface area is 167 Å². The highest BCUT2D eigenvalue weighted by Crippen LogP contribution is 2.30. The van der Waals surface area contributed by atoms with E-state index < -0.39 is 0 Å². The van der Waals surface area contributed by atoms with Crippen molar-refractivity contribution < 1.29 is 9.32 Å². The van der Waals surface area contributed by atoms with Crippen molar-refractivity contribution in [2.45, 2.75) is 6.92 Å². The summed E-state index contributed by atoms with van der Waals surface area (Å²) in [6.07, 6.45) is 1.68. The molecule has 1 amide bonds. The highest BCUT2D eigenvalue weighted by molar-refractivity contribution is 6.33. The van der Waals surface area contributed by atoms with Gasteiger partial charge in [0.1, 0.15) is 17.0 Å². The molecule has 2 heterocycles. The fourth-order valence-corrected chi connectivity index (χ4v) is 2.84. The Balaban J connectivity index is 1.63. The minimum atomic E-state index is -0.274. The van der Waals surface area contributed by atoms with Gasteiger partial charge in [-0.2, -0.15) is 5.10 Å². The minimum Gasteiger partial charge on any atom is -0.376 e. The van der Waals surface area contributed by atoms with Crippen LogP contribution in [0, 0.1) is 6.92 Å². The Bertz CT molecular complexity index is 973. The van der Waals surface area contributed by atoms with Gasteiger partial charge < -0.3 is 20.1 Å². The molecule has 2 aromatic heterocycles. The number of rotatable bonds is 7. The zero-order chi connectivity index (χ0) is 20.1. The van der Waals surface area contributed by atoms with E-state index in [2.05, 4.69) is 26.0 Å². The predicted octanol–water partition coefficient (Wildman–Crippen LogP) is 3.00. The smallest absolute Gasteiger partial charge is 0.257 e. The van der Waals surface area contributed by atoms with Crippen molar-refractivity contribution in [2.24, 2.45) is 0 Å². The Morgan fingerprint density at radius 1 is 1.25 bits per heavy atom. The summed E-state index contributed by atoms with van der Waals surface area (Å²) < 4.78 is 5.23. The average molecular weight is 401 g/mol. The third kappa shape index (κ3) is 4.40. The number of nitrogens with one attached hydrogen (secondary N) is 2. The molecule has 0 aliphatic rings. The topological polar surface area (TPSA) is 96.2 Å². The molecule has 0 radical (unpaired) electrons. The molecule has 0 saturated heterocycles. The molecule has 0 spiro atoms. The summed E-state index contributed by atoms with van der Waals surface area (Å²) in [6, 6.07) is 9.08. The van der Waals surface area contributed by atoms with Gasteiger partial charge in [-0.3, -0.25) is 4.79 Å². The first-order valence-corrected chi connectivity index (χ1v) is 9.08. The Hall–Kier alpha value is -3.13. The summed E-state index contributed by atoms with van der Waals surface area (Å²) in [5, 5.41) is 18.5. The highest BCUT2D eigenvalue weighted by Gasteiger charge is 2.22. The van der Waals surface area contributed by atoms with Crippen LogP contribution in [0.1, 0.15) is 16.1 Å². The molecule has 0 saturated carbocycles. The molecule has 0 unspecified atom stereocenters. The number of aryl methyl sites for hydroxylation is 1. The maximum absolute atomic E-state index is 12.7. The van der Waals surface area contributed by atoms with Gasteiger partial charge in [-0.05, 0) is 13.0 Å². The molecule has 0 aliphatic heterocycles. The van der Waals surface area contributed by atoms with Crippen LogP contribution in [0.3, 0.4) is 0 Å². The van der Waals surface area contributed by atoms with E-state index in [1.165, 1.54) is 0 Å². The van der Waals surface area contributed by atoms with Crippen molar-refractivity contribution in [1.29, 1.82) is 0 Å². The SMILES string of the molecule is Cc1onc(-c2ccccc2Cl)c1C(=O)NCCNc1cc(N(C)C)cnn1. The second-order valence-electron chi connectivity index (χ2n) is 6.32. The lowest BCUT2D eigenvalue weighted by molar-refractivity contribution is 0.0954. The standard InChI is InChI=1S/C19H21ClN6O2/c1-12-17(18(25-28-12)14-6-4-5-7-15(14)20)19(27)22-9-8-21-16-10-13(26(2)3)11-23-24-16/h4-7,10-11H,8-9H2,1-3H3,(H,21,24)(H,22,27). The highest BCUT2D eigenvalue weighted by atomic mass is 35.5. The number of aromatic nitrogens is 3. The van der Waals surface area contributed by atoms with Crippen LogP contribution in [0.4, 0.5) is 11.5 Å². The zero-order valence-electron chi connectivity index (χ0n) is 15.9. The van der Waals surface area contributed by atoms with E-state index in [9.17, 15) is 4.79 Å². The van der Waals surface area contributed by atoms with E-state index in [1.807, 2.05) is 37.2 Å². The number of carbonyl (C=O) groups excluding carboxylic acids is 1. The third-order valence-electron chi connectivity index (χ3n) is 4.09. The predicted molar refractivity (Wildman–Crippen MR) is 109 cm³/mol. The largest absolute Gasteiger partial charge is 0.376 e. The third-order valence-corrected chi connectivity index (χ3v) is 4.42. The molecule has 0 bridgehead atoms. The van der Waals surface area contributed by atoms with Crippen LogP contribution in [0.5, 0.6) is 0 Å². The average Bonchev–Trinajstić information content (AvgIpc) is 3.07. The maximum atomic E-state index is 12.7. The van der Waals surface area contributed by atoms with Gasteiger partial charge in [0.15, 0.2) is 5.82 Å². The molecule has 0 atom stereocenters. The van der Waals surface area contributed by atoms with E-state index in [0.29, 0.717) is 46.5 Å². The molecule has 2 N–H and O–H groups in total. The van der Waals surface area contributed by atoms with Gasteiger partial charge in [-0.1, -0.05) is 35.0 Å². The van der Waals surface area contributed by atoms with Crippen LogP contribution in [0.15, 0.2) is 41.1 Å². The first kappa shape index (κ1) is 19.6. The quantitative estimate of drug-likeness (QED) is 0.588. The summed E-state index contributed by atoms with van der Waals surface area (Å²) in [7, 11) is 3.86. The first-order valence-electron chi connectivity index (χ1n) is 8.70. The lowest BCUT2D eigenvalue weighted by Gasteiger charge is -2.13. The van der Waals surface area contributed by atoms with Crippen LogP contribution in [0.25, 0.3) is 11.3 Å². The number of benzene rings is 1. The summed E-state index contributed by atoms with van der Waals surface area (Å²) in [5.74, 6) is 0.798. The maximum Gasteiger partial charge on any atom is 0.257 e. The van der Waals surface area contributed by atoms with Gasteiger partial charge in [-0.15, -0.1) is 5.10 Å². The number of nitrogens with zero attached hydrogens (tertiary/aromatic N) is 4. The number of hydrogen-bond donors (Lipinski definition) is 2. The molecular formula is C19H21ClN6O2. The number of hydrogen-bond acceptors (Lipinski definition) is 7.